The van der Waals surface area contributed by atoms with Crippen molar-refractivity contribution in [3.63, 3.8) is 0 Å². The third-order valence-electron chi connectivity index (χ3n) is 6.23. The lowest BCUT2D eigenvalue weighted by atomic mass is 10.00. The molecular formula is C28H30N2O2. The van der Waals surface area contributed by atoms with Gasteiger partial charge in [-0.05, 0) is 68.6 Å². The number of para-hydroxylation sites is 2. The molecule has 0 bridgehead atoms. The second-order valence-electron chi connectivity index (χ2n) is 8.34. The van der Waals surface area contributed by atoms with Gasteiger partial charge in [0.05, 0.1) is 12.5 Å². The molecule has 32 heavy (non-hydrogen) atoms. The molecule has 0 amide bonds. The highest BCUT2D eigenvalue weighted by atomic mass is 16.3. The van der Waals surface area contributed by atoms with E-state index in [9.17, 15) is 0 Å². The maximum absolute atomic E-state index is 5.58. The molecule has 4 heteroatoms. The zero-order valence-corrected chi connectivity index (χ0v) is 18.4. The van der Waals surface area contributed by atoms with Gasteiger partial charge in [-0.15, -0.1) is 0 Å². The van der Waals surface area contributed by atoms with Crippen molar-refractivity contribution >= 4 is 33.1 Å². The van der Waals surface area contributed by atoms with Crippen molar-refractivity contribution in [3.8, 4) is 0 Å². The van der Waals surface area contributed by atoms with Gasteiger partial charge in [-0.3, -0.25) is 0 Å². The first kappa shape index (κ1) is 20.8. The zero-order valence-electron chi connectivity index (χ0n) is 18.4. The standard InChI is InChI=1S/2C14H15NO/c2*1-3-12-7-10-16-14(12)13(5-1)11-4-2-8-15-9-6-11/h1,3,5-7,10,15H,2,4,8-9H2;1,3-5,7,10,15H,2,6,8-9H2. The Hall–Kier alpha value is -3.08. The number of benzene rings is 2. The van der Waals surface area contributed by atoms with E-state index < -0.39 is 0 Å². The van der Waals surface area contributed by atoms with E-state index >= 15 is 0 Å². The minimum atomic E-state index is 0.965. The van der Waals surface area contributed by atoms with Crippen LogP contribution in [-0.4, -0.2) is 26.2 Å². The molecule has 0 unspecified atom stereocenters. The van der Waals surface area contributed by atoms with Crippen molar-refractivity contribution < 1.29 is 8.83 Å². The number of furan rings is 2. The largest absolute Gasteiger partial charge is 0.464 e. The van der Waals surface area contributed by atoms with Crippen LogP contribution in [0.1, 0.15) is 36.8 Å². The van der Waals surface area contributed by atoms with Gasteiger partial charge >= 0.3 is 0 Å². The van der Waals surface area contributed by atoms with E-state index in [1.807, 2.05) is 12.1 Å². The van der Waals surface area contributed by atoms with Crippen molar-refractivity contribution in [1.82, 2.24) is 10.6 Å². The van der Waals surface area contributed by atoms with Crippen LogP contribution in [0.4, 0.5) is 0 Å². The van der Waals surface area contributed by atoms with E-state index in [1.54, 1.807) is 12.5 Å². The third-order valence-corrected chi connectivity index (χ3v) is 6.23. The van der Waals surface area contributed by atoms with Crippen LogP contribution < -0.4 is 10.6 Å². The second kappa shape index (κ2) is 10.0. The third kappa shape index (κ3) is 4.57. The fourth-order valence-electron chi connectivity index (χ4n) is 4.58. The fraction of sp³-hybridized carbons (Fsp3) is 0.286. The Bertz CT molecular complexity index is 1150. The minimum absolute atomic E-state index is 0.965. The highest BCUT2D eigenvalue weighted by Gasteiger charge is 2.11. The molecule has 0 aliphatic carbocycles. The van der Waals surface area contributed by atoms with Crippen molar-refractivity contribution in [1.29, 1.82) is 0 Å². The van der Waals surface area contributed by atoms with Gasteiger partial charge in [0.1, 0.15) is 11.2 Å². The Morgan fingerprint density at radius 2 is 1.31 bits per heavy atom. The number of nitrogens with one attached hydrogen (secondary N) is 2. The Kier molecular flexibility index (Phi) is 6.52. The maximum atomic E-state index is 5.58. The lowest BCUT2D eigenvalue weighted by Crippen LogP contribution is -2.13. The van der Waals surface area contributed by atoms with Crippen LogP contribution in [0.5, 0.6) is 0 Å². The summed E-state index contributed by atoms with van der Waals surface area (Å²) in [4.78, 5) is 0. The topological polar surface area (TPSA) is 50.3 Å². The van der Waals surface area contributed by atoms with Crippen LogP contribution >= 0.6 is 0 Å². The summed E-state index contributed by atoms with van der Waals surface area (Å²) in [6.45, 7) is 4.21. The lowest BCUT2D eigenvalue weighted by molar-refractivity contribution is 0.614. The average molecular weight is 427 g/mol. The minimum Gasteiger partial charge on any atom is -0.464 e. The molecule has 4 nitrogen and oxygen atoms in total. The maximum Gasteiger partial charge on any atom is 0.141 e. The monoisotopic (exact) mass is 426 g/mol. The van der Waals surface area contributed by atoms with Gasteiger partial charge in [0, 0.05) is 28.4 Å². The van der Waals surface area contributed by atoms with Crippen LogP contribution in [0.15, 0.2) is 82.0 Å². The highest BCUT2D eigenvalue weighted by molar-refractivity contribution is 5.90. The lowest BCUT2D eigenvalue weighted by Gasteiger charge is -2.06. The molecule has 0 fully saturated rings. The number of hydrogen-bond donors (Lipinski definition) is 2. The summed E-state index contributed by atoms with van der Waals surface area (Å²) in [6, 6.07) is 16.8. The number of fused-ring (bicyclic) bond motifs is 2. The van der Waals surface area contributed by atoms with E-state index in [2.05, 4.69) is 59.2 Å². The molecule has 4 aromatic rings. The average Bonchev–Trinajstić information content (AvgIpc) is 3.32. The molecule has 0 saturated carbocycles. The summed E-state index contributed by atoms with van der Waals surface area (Å²) in [7, 11) is 0. The molecule has 2 aliphatic rings. The smallest absolute Gasteiger partial charge is 0.141 e. The van der Waals surface area contributed by atoms with Crippen molar-refractivity contribution in [2.24, 2.45) is 0 Å². The van der Waals surface area contributed by atoms with Gasteiger partial charge in [0.15, 0.2) is 0 Å². The molecule has 0 atom stereocenters. The number of rotatable bonds is 2. The predicted octanol–water partition coefficient (Wildman–Crippen LogP) is 6.40. The van der Waals surface area contributed by atoms with E-state index in [-0.39, 0.29) is 0 Å². The predicted molar refractivity (Wildman–Crippen MR) is 133 cm³/mol. The van der Waals surface area contributed by atoms with Gasteiger partial charge in [-0.25, -0.2) is 0 Å². The molecule has 0 saturated heterocycles. The van der Waals surface area contributed by atoms with E-state index in [1.165, 1.54) is 39.5 Å². The Morgan fingerprint density at radius 1 is 0.625 bits per heavy atom. The quantitative estimate of drug-likeness (QED) is 0.389. The summed E-state index contributed by atoms with van der Waals surface area (Å²) in [5.41, 5.74) is 7.37. The molecule has 0 spiro atoms. The van der Waals surface area contributed by atoms with Gasteiger partial charge < -0.3 is 19.5 Å². The first-order valence-corrected chi connectivity index (χ1v) is 11.6. The highest BCUT2D eigenvalue weighted by Crippen LogP contribution is 2.30. The van der Waals surface area contributed by atoms with Gasteiger partial charge in [-0.2, -0.15) is 0 Å². The van der Waals surface area contributed by atoms with E-state index in [4.69, 9.17) is 8.83 Å². The van der Waals surface area contributed by atoms with Crippen LogP contribution in [-0.2, 0) is 0 Å². The number of allylic oxidation sites excluding steroid dienone is 1. The van der Waals surface area contributed by atoms with Crippen LogP contribution in [0.3, 0.4) is 0 Å². The Labute approximate surface area is 189 Å². The Balaban J connectivity index is 0.000000135. The van der Waals surface area contributed by atoms with Crippen molar-refractivity contribution in [3.05, 3.63) is 84.3 Å². The van der Waals surface area contributed by atoms with Crippen LogP contribution in [0.2, 0.25) is 0 Å². The molecule has 2 aromatic carbocycles. The van der Waals surface area contributed by atoms with E-state index in [0.717, 1.165) is 56.6 Å². The molecule has 164 valence electrons. The Morgan fingerprint density at radius 3 is 2.03 bits per heavy atom. The molecule has 2 aliphatic heterocycles. The fourth-order valence-corrected chi connectivity index (χ4v) is 4.58. The first-order valence-electron chi connectivity index (χ1n) is 11.6. The molecule has 2 aromatic heterocycles. The summed E-state index contributed by atoms with van der Waals surface area (Å²) < 4.78 is 11.2. The van der Waals surface area contributed by atoms with Crippen LogP contribution in [0, 0.1) is 0 Å². The molecule has 4 heterocycles. The molecule has 6 rings (SSSR count). The van der Waals surface area contributed by atoms with E-state index in [0.29, 0.717) is 0 Å². The zero-order chi connectivity index (χ0) is 21.6. The van der Waals surface area contributed by atoms with Crippen LogP contribution in [0.25, 0.3) is 33.1 Å². The van der Waals surface area contributed by atoms with Crippen molar-refractivity contribution in [2.45, 2.75) is 25.7 Å². The number of hydrogen-bond acceptors (Lipinski definition) is 4. The summed E-state index contributed by atoms with van der Waals surface area (Å²) in [5, 5.41) is 9.17. The molecule has 2 N–H and O–H groups in total. The van der Waals surface area contributed by atoms with Crippen molar-refractivity contribution in [2.75, 3.05) is 26.2 Å². The summed E-state index contributed by atoms with van der Waals surface area (Å²) in [5.74, 6) is 0. The normalized spacial score (nSPS) is 17.1. The summed E-state index contributed by atoms with van der Waals surface area (Å²) in [6.07, 6.45) is 12.7. The molecular weight excluding hydrogens is 396 g/mol. The summed E-state index contributed by atoms with van der Waals surface area (Å²) >= 11 is 0. The SMILES string of the molecule is C1=C(c2cccc3ccoc23)CCCNC1.C1=C(c2cccc3ccoc23)CCNCC1. The van der Waals surface area contributed by atoms with Gasteiger partial charge in [-0.1, -0.05) is 48.6 Å². The second-order valence-corrected chi connectivity index (χ2v) is 8.34. The molecule has 0 radical (unpaired) electrons. The van der Waals surface area contributed by atoms with Gasteiger partial charge in [0.2, 0.25) is 0 Å². The van der Waals surface area contributed by atoms with Gasteiger partial charge in [0.25, 0.3) is 0 Å². The first-order chi connectivity index (χ1) is 15.9.